The molecule has 3 nitrogen and oxygen atoms in total. The second kappa shape index (κ2) is 8.70. The molecule has 0 heterocycles. The molecule has 160 valence electrons. The van der Waals surface area contributed by atoms with E-state index >= 15 is 0 Å². The normalized spacial score (nSPS) is 13.6. The summed E-state index contributed by atoms with van der Waals surface area (Å²) in [5.41, 5.74) is 4.49. The average molecular weight is 446 g/mol. The highest BCUT2D eigenvalue weighted by atomic mass is 32.2. The largest absolute Gasteiger partial charge is 0.405 e. The molecule has 29 heavy (non-hydrogen) atoms. The predicted molar refractivity (Wildman–Crippen MR) is 112 cm³/mol. The van der Waals surface area contributed by atoms with Gasteiger partial charge in [-0.25, -0.2) is 8.42 Å². The van der Waals surface area contributed by atoms with Crippen LogP contribution in [0.4, 0.5) is 13.2 Å². The van der Waals surface area contributed by atoms with Crippen LogP contribution < -0.4 is 4.72 Å². The zero-order chi connectivity index (χ0) is 22.1. The molecule has 0 bridgehead atoms. The molecule has 0 aliphatic rings. The van der Waals surface area contributed by atoms with Crippen molar-refractivity contribution in [3.05, 3.63) is 57.6 Å². The summed E-state index contributed by atoms with van der Waals surface area (Å²) < 4.78 is 68.5. The second-order valence-electron chi connectivity index (χ2n) is 7.48. The van der Waals surface area contributed by atoms with E-state index in [4.69, 9.17) is 0 Å². The Morgan fingerprint density at radius 1 is 0.862 bits per heavy atom. The number of benzene rings is 2. The molecule has 0 aliphatic heterocycles. The van der Waals surface area contributed by atoms with Crippen LogP contribution >= 0.6 is 11.8 Å². The molecular weight excluding hydrogens is 419 g/mol. The minimum atomic E-state index is -4.71. The minimum absolute atomic E-state index is 0.0925. The van der Waals surface area contributed by atoms with Gasteiger partial charge in [-0.3, -0.25) is 0 Å². The Balaban J connectivity index is 2.33. The summed E-state index contributed by atoms with van der Waals surface area (Å²) in [6.07, 6.45) is -4.71. The number of hydrogen-bond acceptors (Lipinski definition) is 3. The predicted octanol–water partition coefficient (Wildman–Crippen LogP) is 5.54. The topological polar surface area (TPSA) is 46.2 Å². The maximum atomic E-state index is 13.7. The van der Waals surface area contributed by atoms with E-state index in [1.807, 2.05) is 44.5 Å². The summed E-state index contributed by atoms with van der Waals surface area (Å²) >= 11 is 1.02. The van der Waals surface area contributed by atoms with E-state index in [0.717, 1.165) is 38.9 Å². The third-order valence-electron chi connectivity index (χ3n) is 4.56. The van der Waals surface area contributed by atoms with Crippen molar-refractivity contribution < 1.29 is 21.6 Å². The lowest BCUT2D eigenvalue weighted by atomic mass is 10.1. The van der Waals surface area contributed by atoms with Gasteiger partial charge in [-0.2, -0.15) is 17.9 Å². The highest BCUT2D eigenvalue weighted by molar-refractivity contribution is 7.99. The Labute approximate surface area is 175 Å². The van der Waals surface area contributed by atoms with Crippen molar-refractivity contribution in [1.29, 1.82) is 0 Å². The molecule has 0 saturated heterocycles. The maximum absolute atomic E-state index is 13.7. The van der Waals surface area contributed by atoms with Crippen LogP contribution in [-0.2, 0) is 10.0 Å². The van der Waals surface area contributed by atoms with Gasteiger partial charge in [-0.05, 0) is 63.8 Å². The summed E-state index contributed by atoms with van der Waals surface area (Å²) in [6, 6.07) is 4.91. The van der Waals surface area contributed by atoms with Gasteiger partial charge in [0.25, 0.3) is 0 Å². The van der Waals surface area contributed by atoms with Gasteiger partial charge >= 0.3 is 6.18 Å². The van der Waals surface area contributed by atoms with Crippen LogP contribution in [0.2, 0.25) is 0 Å². The first kappa shape index (κ1) is 23.8. The van der Waals surface area contributed by atoms with Crippen molar-refractivity contribution >= 4 is 21.8 Å². The van der Waals surface area contributed by atoms with E-state index in [1.54, 1.807) is 26.0 Å². The Hall–Kier alpha value is -1.51. The molecule has 1 unspecified atom stereocenters. The standard InChI is InChI=1S/C21H26F3NO2S2/c1-12-7-14(3)19(15(4)8-12)28-11-18(21(22,23)24)25-29(26,27)20-16(5)9-13(2)10-17(20)6/h7-10,18,25H,11H2,1-6H3. The number of alkyl halides is 3. The molecule has 0 saturated carbocycles. The first-order chi connectivity index (χ1) is 13.2. The molecule has 0 aliphatic carbocycles. The Bertz CT molecular complexity index is 969. The first-order valence-corrected chi connectivity index (χ1v) is 11.6. The Morgan fingerprint density at radius 3 is 1.69 bits per heavy atom. The van der Waals surface area contributed by atoms with E-state index < -0.39 is 28.0 Å². The lowest BCUT2D eigenvalue weighted by molar-refractivity contribution is -0.145. The van der Waals surface area contributed by atoms with E-state index in [1.165, 1.54) is 0 Å². The van der Waals surface area contributed by atoms with Crippen LogP contribution in [0.25, 0.3) is 0 Å². The first-order valence-electron chi connectivity index (χ1n) is 9.10. The van der Waals surface area contributed by atoms with Gasteiger partial charge < -0.3 is 0 Å². The lowest BCUT2D eigenvalue weighted by Gasteiger charge is -2.23. The van der Waals surface area contributed by atoms with Crippen molar-refractivity contribution in [2.24, 2.45) is 0 Å². The molecule has 1 N–H and O–H groups in total. The molecular formula is C21H26F3NO2S2. The van der Waals surface area contributed by atoms with Gasteiger partial charge in [0, 0.05) is 10.6 Å². The van der Waals surface area contributed by atoms with Crippen LogP contribution in [-0.4, -0.2) is 26.4 Å². The highest BCUT2D eigenvalue weighted by Crippen LogP contribution is 2.32. The summed E-state index contributed by atoms with van der Waals surface area (Å²) in [6.45, 7) is 10.6. The molecule has 0 amide bonds. The van der Waals surface area contributed by atoms with E-state index in [0.29, 0.717) is 11.1 Å². The summed E-state index contributed by atoms with van der Waals surface area (Å²) in [5, 5.41) is 0. The highest BCUT2D eigenvalue weighted by Gasteiger charge is 2.42. The molecule has 8 heteroatoms. The van der Waals surface area contributed by atoms with Crippen molar-refractivity contribution in [2.45, 2.75) is 63.6 Å². The fourth-order valence-electron chi connectivity index (χ4n) is 3.59. The fraction of sp³-hybridized carbons (Fsp3) is 0.429. The van der Waals surface area contributed by atoms with Gasteiger partial charge in [0.05, 0.1) is 4.90 Å². The summed E-state index contributed by atoms with van der Waals surface area (Å²) in [5.74, 6) is -0.447. The van der Waals surface area contributed by atoms with Gasteiger partial charge in [-0.1, -0.05) is 35.4 Å². The number of hydrogen-bond donors (Lipinski definition) is 1. The van der Waals surface area contributed by atoms with Crippen molar-refractivity contribution in [2.75, 3.05) is 5.75 Å². The number of sulfonamides is 1. The van der Waals surface area contributed by atoms with Crippen LogP contribution in [0.5, 0.6) is 0 Å². The monoisotopic (exact) mass is 445 g/mol. The molecule has 0 aromatic heterocycles. The Kier molecular flexibility index (Phi) is 7.13. The molecule has 0 fully saturated rings. The molecule has 2 aromatic carbocycles. The third kappa shape index (κ3) is 5.77. The van der Waals surface area contributed by atoms with Gasteiger partial charge in [0.2, 0.25) is 10.0 Å². The lowest BCUT2D eigenvalue weighted by Crippen LogP contribution is -2.47. The fourth-order valence-corrected chi connectivity index (χ4v) is 6.55. The van der Waals surface area contributed by atoms with Gasteiger partial charge in [0.15, 0.2) is 0 Å². The third-order valence-corrected chi connectivity index (χ3v) is 7.77. The molecule has 1 atom stereocenters. The maximum Gasteiger partial charge on any atom is 0.405 e. The number of nitrogens with one attached hydrogen (secondary N) is 1. The van der Waals surface area contributed by atoms with Crippen LogP contribution in [0.1, 0.15) is 33.4 Å². The zero-order valence-corrected chi connectivity index (χ0v) is 19.0. The number of thioether (sulfide) groups is 1. The van der Waals surface area contributed by atoms with Crippen molar-refractivity contribution in [3.8, 4) is 0 Å². The second-order valence-corrected chi connectivity index (χ2v) is 10.2. The smallest absolute Gasteiger partial charge is 0.207 e. The molecule has 2 aromatic rings. The molecule has 2 rings (SSSR count). The molecule has 0 radical (unpaired) electrons. The quantitative estimate of drug-likeness (QED) is 0.594. The van der Waals surface area contributed by atoms with E-state index in [-0.39, 0.29) is 4.90 Å². The number of aryl methyl sites for hydroxylation is 6. The Morgan fingerprint density at radius 2 is 1.28 bits per heavy atom. The molecule has 0 spiro atoms. The number of rotatable bonds is 6. The SMILES string of the molecule is Cc1cc(C)c(SCC(NS(=O)(=O)c2c(C)cc(C)cc2C)C(F)(F)F)c(C)c1. The van der Waals surface area contributed by atoms with Crippen LogP contribution in [0, 0.1) is 41.5 Å². The number of halogens is 3. The van der Waals surface area contributed by atoms with Crippen LogP contribution in [0.3, 0.4) is 0 Å². The van der Waals surface area contributed by atoms with E-state index in [2.05, 4.69) is 0 Å². The zero-order valence-electron chi connectivity index (χ0n) is 17.4. The summed E-state index contributed by atoms with van der Waals surface area (Å²) in [4.78, 5) is 0.650. The van der Waals surface area contributed by atoms with Crippen molar-refractivity contribution in [1.82, 2.24) is 4.72 Å². The van der Waals surface area contributed by atoms with Gasteiger partial charge in [0.1, 0.15) is 6.04 Å². The van der Waals surface area contributed by atoms with E-state index in [9.17, 15) is 21.6 Å². The van der Waals surface area contributed by atoms with Gasteiger partial charge in [-0.15, -0.1) is 11.8 Å². The summed E-state index contributed by atoms with van der Waals surface area (Å²) in [7, 11) is -4.34. The minimum Gasteiger partial charge on any atom is -0.207 e. The average Bonchev–Trinajstić information content (AvgIpc) is 2.50. The van der Waals surface area contributed by atoms with Crippen LogP contribution in [0.15, 0.2) is 34.1 Å². The van der Waals surface area contributed by atoms with Crippen molar-refractivity contribution in [3.63, 3.8) is 0 Å².